The Morgan fingerprint density at radius 3 is 2.73 bits per heavy atom. The largest absolute Gasteiger partial charge is 0.395 e. The predicted molar refractivity (Wildman–Crippen MR) is 59.3 cm³/mol. The van der Waals surface area contributed by atoms with E-state index in [0.29, 0.717) is 5.69 Å². The highest BCUT2D eigenvalue weighted by Crippen LogP contribution is 2.25. The van der Waals surface area contributed by atoms with Gasteiger partial charge in [0, 0.05) is 18.9 Å². The van der Waals surface area contributed by atoms with Crippen molar-refractivity contribution in [1.82, 2.24) is 19.7 Å². The molecule has 5 nitrogen and oxygen atoms in total. The van der Waals surface area contributed by atoms with E-state index in [4.69, 9.17) is 5.73 Å². The summed E-state index contributed by atoms with van der Waals surface area (Å²) in [7, 11) is 1.88. The summed E-state index contributed by atoms with van der Waals surface area (Å²) in [5.74, 6) is 0.778. The molecule has 0 fully saturated rings. The summed E-state index contributed by atoms with van der Waals surface area (Å²) >= 11 is 0. The third kappa shape index (κ3) is 1.49. The first-order valence-electron chi connectivity index (χ1n) is 4.96. The molecular weight excluding hydrogens is 190 g/mol. The summed E-state index contributed by atoms with van der Waals surface area (Å²) in [5.41, 5.74) is 9.53. The van der Waals surface area contributed by atoms with Crippen LogP contribution in [0.5, 0.6) is 0 Å². The number of anilines is 1. The van der Waals surface area contributed by atoms with Crippen LogP contribution in [0.2, 0.25) is 0 Å². The van der Waals surface area contributed by atoms with E-state index in [1.807, 2.05) is 20.9 Å². The zero-order valence-electron chi connectivity index (χ0n) is 9.20. The van der Waals surface area contributed by atoms with Crippen molar-refractivity contribution in [3.63, 3.8) is 0 Å². The highest BCUT2D eigenvalue weighted by atomic mass is 15.3. The number of nitrogens with two attached hydrogens (primary N) is 1. The molecule has 0 aliphatic rings. The zero-order valence-corrected chi connectivity index (χ0v) is 9.20. The third-order valence-corrected chi connectivity index (χ3v) is 2.42. The molecular formula is C10H15N5. The molecule has 80 valence electrons. The van der Waals surface area contributed by atoms with Crippen molar-refractivity contribution in [3.8, 4) is 11.5 Å². The van der Waals surface area contributed by atoms with Gasteiger partial charge in [0.15, 0.2) is 5.82 Å². The minimum absolute atomic E-state index is 0.717. The molecule has 3 N–H and O–H groups in total. The van der Waals surface area contributed by atoms with Crippen LogP contribution in [0.25, 0.3) is 11.5 Å². The lowest BCUT2D eigenvalue weighted by molar-refractivity contribution is 0.749. The average Bonchev–Trinajstić information content (AvgIpc) is 2.71. The Hall–Kier alpha value is -1.78. The van der Waals surface area contributed by atoms with Gasteiger partial charge in [0.1, 0.15) is 5.69 Å². The van der Waals surface area contributed by atoms with Crippen LogP contribution in [-0.4, -0.2) is 19.7 Å². The number of hydrogen-bond acceptors (Lipinski definition) is 3. The van der Waals surface area contributed by atoms with E-state index in [0.717, 1.165) is 29.3 Å². The lowest BCUT2D eigenvalue weighted by Crippen LogP contribution is -1.97. The van der Waals surface area contributed by atoms with Gasteiger partial charge >= 0.3 is 0 Å². The summed E-state index contributed by atoms with van der Waals surface area (Å²) in [6.45, 7) is 4.00. The van der Waals surface area contributed by atoms with Gasteiger partial charge in [-0.15, -0.1) is 0 Å². The minimum Gasteiger partial charge on any atom is -0.395 e. The highest BCUT2D eigenvalue weighted by molar-refractivity contribution is 5.70. The van der Waals surface area contributed by atoms with Gasteiger partial charge in [0.25, 0.3) is 0 Å². The normalized spacial score (nSPS) is 10.9. The van der Waals surface area contributed by atoms with Crippen LogP contribution < -0.4 is 5.73 Å². The predicted octanol–water partition coefficient (Wildman–Crippen LogP) is 1.26. The van der Waals surface area contributed by atoms with Gasteiger partial charge in [0.05, 0.1) is 11.4 Å². The van der Waals surface area contributed by atoms with Crippen molar-refractivity contribution in [3.05, 3.63) is 17.6 Å². The highest BCUT2D eigenvalue weighted by Gasteiger charge is 2.15. The van der Waals surface area contributed by atoms with Crippen molar-refractivity contribution in [1.29, 1.82) is 0 Å². The monoisotopic (exact) mass is 205 g/mol. The molecule has 0 spiro atoms. The van der Waals surface area contributed by atoms with Crippen molar-refractivity contribution < 1.29 is 0 Å². The standard InChI is InChI=1S/C10H15N5/c1-4-7-8(11)9(15(3)14-7)10-12-5-6(2)13-10/h5H,4,11H2,1-3H3,(H,12,13). The summed E-state index contributed by atoms with van der Waals surface area (Å²) in [4.78, 5) is 7.42. The first kappa shape index (κ1) is 9.76. The van der Waals surface area contributed by atoms with Gasteiger partial charge in [-0.25, -0.2) is 4.98 Å². The molecule has 2 aromatic heterocycles. The molecule has 2 heterocycles. The number of hydrogen-bond donors (Lipinski definition) is 2. The van der Waals surface area contributed by atoms with Crippen LogP contribution >= 0.6 is 0 Å². The molecule has 0 aromatic carbocycles. The van der Waals surface area contributed by atoms with Gasteiger partial charge < -0.3 is 10.7 Å². The summed E-state index contributed by atoms with van der Waals surface area (Å²) in [6, 6.07) is 0. The van der Waals surface area contributed by atoms with Crippen LogP contribution in [0.15, 0.2) is 6.20 Å². The molecule has 0 saturated carbocycles. The Kier molecular flexibility index (Phi) is 2.22. The van der Waals surface area contributed by atoms with Crippen LogP contribution in [0.3, 0.4) is 0 Å². The van der Waals surface area contributed by atoms with Crippen LogP contribution in [0, 0.1) is 6.92 Å². The SMILES string of the molecule is CCc1nn(C)c(-c2ncc(C)[nH]2)c1N. The Labute approximate surface area is 88.3 Å². The van der Waals surface area contributed by atoms with E-state index >= 15 is 0 Å². The third-order valence-electron chi connectivity index (χ3n) is 2.42. The van der Waals surface area contributed by atoms with Crippen molar-refractivity contribution in [2.45, 2.75) is 20.3 Å². The maximum Gasteiger partial charge on any atom is 0.158 e. The number of rotatable bonds is 2. The molecule has 0 bridgehead atoms. The summed E-state index contributed by atoms with van der Waals surface area (Å²) in [5, 5.41) is 4.35. The number of nitrogens with zero attached hydrogens (tertiary/aromatic N) is 3. The quantitative estimate of drug-likeness (QED) is 0.775. The van der Waals surface area contributed by atoms with Gasteiger partial charge in [-0.3, -0.25) is 4.68 Å². The second-order valence-corrected chi connectivity index (χ2v) is 3.60. The maximum absolute atomic E-state index is 6.01. The molecule has 0 amide bonds. The first-order valence-corrected chi connectivity index (χ1v) is 4.96. The Balaban J connectivity index is 2.57. The van der Waals surface area contributed by atoms with Crippen molar-refractivity contribution in [2.75, 3.05) is 5.73 Å². The summed E-state index contributed by atoms with van der Waals surface area (Å²) in [6.07, 6.45) is 2.62. The van der Waals surface area contributed by atoms with E-state index in [2.05, 4.69) is 15.1 Å². The number of nitrogens with one attached hydrogen (secondary N) is 1. The summed E-state index contributed by atoms with van der Waals surface area (Å²) < 4.78 is 1.77. The number of aromatic amines is 1. The smallest absolute Gasteiger partial charge is 0.158 e. The van der Waals surface area contributed by atoms with E-state index < -0.39 is 0 Å². The second kappa shape index (κ2) is 3.42. The fourth-order valence-electron chi connectivity index (χ4n) is 1.67. The number of imidazole rings is 1. The van der Waals surface area contributed by atoms with Crippen LogP contribution in [-0.2, 0) is 13.5 Å². The molecule has 0 aliphatic carbocycles. The average molecular weight is 205 g/mol. The van der Waals surface area contributed by atoms with Crippen molar-refractivity contribution in [2.24, 2.45) is 7.05 Å². The molecule has 0 aliphatic heterocycles. The van der Waals surface area contributed by atoms with Gasteiger partial charge in [-0.1, -0.05) is 6.92 Å². The van der Waals surface area contributed by atoms with Crippen molar-refractivity contribution >= 4 is 5.69 Å². The minimum atomic E-state index is 0.717. The van der Waals surface area contributed by atoms with E-state index in [1.54, 1.807) is 10.9 Å². The molecule has 2 rings (SSSR count). The van der Waals surface area contributed by atoms with Gasteiger partial charge in [-0.2, -0.15) is 5.10 Å². The lowest BCUT2D eigenvalue weighted by atomic mass is 10.2. The van der Waals surface area contributed by atoms with Crippen LogP contribution in [0.1, 0.15) is 18.3 Å². The Bertz CT molecular complexity index is 480. The fraction of sp³-hybridized carbons (Fsp3) is 0.400. The topological polar surface area (TPSA) is 72.5 Å². The number of aryl methyl sites for hydroxylation is 3. The molecule has 0 unspecified atom stereocenters. The molecule has 5 heteroatoms. The van der Waals surface area contributed by atoms with E-state index in [1.165, 1.54) is 0 Å². The molecule has 0 atom stereocenters. The molecule has 2 aromatic rings. The molecule has 0 saturated heterocycles. The molecule has 0 radical (unpaired) electrons. The number of nitrogen functional groups attached to an aromatic ring is 1. The zero-order chi connectivity index (χ0) is 11.0. The van der Waals surface area contributed by atoms with E-state index in [-0.39, 0.29) is 0 Å². The van der Waals surface area contributed by atoms with E-state index in [9.17, 15) is 0 Å². The lowest BCUT2D eigenvalue weighted by Gasteiger charge is -1.98. The number of H-pyrrole nitrogens is 1. The van der Waals surface area contributed by atoms with Crippen LogP contribution in [0.4, 0.5) is 5.69 Å². The fourth-order valence-corrected chi connectivity index (χ4v) is 1.67. The Morgan fingerprint density at radius 2 is 2.27 bits per heavy atom. The Morgan fingerprint density at radius 1 is 1.53 bits per heavy atom. The number of aromatic nitrogens is 4. The molecule has 15 heavy (non-hydrogen) atoms. The van der Waals surface area contributed by atoms with Gasteiger partial charge in [-0.05, 0) is 13.3 Å². The first-order chi connectivity index (χ1) is 7.13. The second-order valence-electron chi connectivity index (χ2n) is 3.60. The maximum atomic E-state index is 6.01. The van der Waals surface area contributed by atoms with Gasteiger partial charge in [0.2, 0.25) is 0 Å².